The van der Waals surface area contributed by atoms with E-state index in [1.807, 2.05) is 18.2 Å². The van der Waals surface area contributed by atoms with E-state index in [1.165, 1.54) is 5.56 Å². The monoisotopic (exact) mass is 210 g/mol. The molecule has 1 aromatic carbocycles. The number of alkyl halides is 1. The fourth-order valence-electron chi connectivity index (χ4n) is 1.26. The highest BCUT2D eigenvalue weighted by molar-refractivity contribution is 6.28. The minimum Gasteiger partial charge on any atom is -0.386 e. The van der Waals surface area contributed by atoms with Crippen molar-refractivity contribution in [1.82, 2.24) is 0 Å². The van der Waals surface area contributed by atoms with Gasteiger partial charge in [0.05, 0.1) is 11.6 Å². The molecule has 2 nitrogen and oxygen atoms in total. The molecule has 0 unspecified atom stereocenters. The number of nitrogens with zero attached hydrogens (tertiary/aromatic N) is 1. The topological polar surface area (TPSA) is 38.4 Å². The first-order valence-corrected chi connectivity index (χ1v) is 5.16. The van der Waals surface area contributed by atoms with E-state index in [2.05, 4.69) is 24.9 Å². The van der Waals surface area contributed by atoms with Crippen molar-refractivity contribution in [1.29, 1.82) is 0 Å². The summed E-state index contributed by atoms with van der Waals surface area (Å²) >= 11 is 5.58. The quantitative estimate of drug-likeness (QED) is 0.465. The Balaban J connectivity index is 3.07. The SMILES string of the molecule is CC(C)c1ccccc1N=C(N)CCl. The number of amidine groups is 1. The fraction of sp³-hybridized carbons (Fsp3) is 0.364. The Labute approximate surface area is 89.8 Å². The number of benzene rings is 1. The van der Waals surface area contributed by atoms with Gasteiger partial charge >= 0.3 is 0 Å². The second kappa shape index (κ2) is 5.01. The minimum atomic E-state index is 0.270. The van der Waals surface area contributed by atoms with Gasteiger partial charge < -0.3 is 5.73 Å². The van der Waals surface area contributed by atoms with Crippen LogP contribution in [-0.4, -0.2) is 11.7 Å². The Morgan fingerprint density at radius 2 is 2.07 bits per heavy atom. The zero-order valence-corrected chi connectivity index (χ0v) is 9.25. The van der Waals surface area contributed by atoms with Gasteiger partial charge in [0.25, 0.3) is 0 Å². The standard InChI is InChI=1S/C11H15ClN2/c1-8(2)9-5-3-4-6-10(9)14-11(13)7-12/h3-6,8H,7H2,1-2H3,(H2,13,14). The maximum Gasteiger partial charge on any atom is 0.115 e. The maximum absolute atomic E-state index is 5.59. The highest BCUT2D eigenvalue weighted by Crippen LogP contribution is 2.26. The van der Waals surface area contributed by atoms with Crippen molar-refractivity contribution in [2.24, 2.45) is 10.7 Å². The third kappa shape index (κ3) is 2.74. The van der Waals surface area contributed by atoms with Crippen LogP contribution in [0.5, 0.6) is 0 Å². The number of para-hydroxylation sites is 1. The molecule has 0 atom stereocenters. The summed E-state index contributed by atoms with van der Waals surface area (Å²) < 4.78 is 0. The number of aliphatic imine (C=N–C) groups is 1. The summed E-state index contributed by atoms with van der Waals surface area (Å²) in [4.78, 5) is 4.26. The van der Waals surface area contributed by atoms with Crippen molar-refractivity contribution in [2.45, 2.75) is 19.8 Å². The van der Waals surface area contributed by atoms with Crippen molar-refractivity contribution in [3.8, 4) is 0 Å². The lowest BCUT2D eigenvalue weighted by Crippen LogP contribution is -2.12. The van der Waals surface area contributed by atoms with E-state index in [1.54, 1.807) is 0 Å². The van der Waals surface area contributed by atoms with Crippen LogP contribution < -0.4 is 5.73 Å². The van der Waals surface area contributed by atoms with Gasteiger partial charge in [0.15, 0.2) is 0 Å². The Hall–Kier alpha value is -1.02. The molecule has 0 amide bonds. The number of hydrogen-bond acceptors (Lipinski definition) is 1. The van der Waals surface area contributed by atoms with Crippen LogP contribution in [0.15, 0.2) is 29.3 Å². The number of halogens is 1. The summed E-state index contributed by atoms with van der Waals surface area (Å²) in [6.45, 7) is 4.26. The molecule has 0 spiro atoms. The molecule has 1 rings (SSSR count). The molecular weight excluding hydrogens is 196 g/mol. The first kappa shape index (κ1) is 11.1. The van der Waals surface area contributed by atoms with Gasteiger partial charge in [-0.1, -0.05) is 32.0 Å². The Morgan fingerprint density at radius 1 is 1.43 bits per heavy atom. The van der Waals surface area contributed by atoms with Gasteiger partial charge in [0, 0.05) is 0 Å². The van der Waals surface area contributed by atoms with Crippen molar-refractivity contribution in [3.63, 3.8) is 0 Å². The van der Waals surface area contributed by atoms with Crippen molar-refractivity contribution >= 4 is 23.1 Å². The van der Waals surface area contributed by atoms with Crippen LogP contribution in [0.1, 0.15) is 25.3 Å². The molecule has 0 bridgehead atoms. The van der Waals surface area contributed by atoms with Crippen LogP contribution in [0.3, 0.4) is 0 Å². The van der Waals surface area contributed by atoms with Crippen LogP contribution in [0.2, 0.25) is 0 Å². The normalized spacial score (nSPS) is 12.1. The Bertz CT molecular complexity index is 332. The Morgan fingerprint density at radius 3 is 2.64 bits per heavy atom. The largest absolute Gasteiger partial charge is 0.386 e. The van der Waals surface area contributed by atoms with E-state index in [4.69, 9.17) is 17.3 Å². The predicted octanol–water partition coefficient (Wildman–Crippen LogP) is 3.04. The summed E-state index contributed by atoms with van der Waals surface area (Å²) in [5, 5.41) is 0. The average molecular weight is 211 g/mol. The summed E-state index contributed by atoms with van der Waals surface area (Å²) in [5.41, 5.74) is 7.70. The molecule has 0 saturated carbocycles. The highest BCUT2D eigenvalue weighted by Gasteiger charge is 2.04. The third-order valence-corrected chi connectivity index (χ3v) is 2.23. The molecular formula is C11H15ClN2. The van der Waals surface area contributed by atoms with Crippen molar-refractivity contribution < 1.29 is 0 Å². The van der Waals surface area contributed by atoms with E-state index in [0.717, 1.165) is 5.69 Å². The summed E-state index contributed by atoms with van der Waals surface area (Å²) in [5.74, 6) is 1.17. The molecule has 76 valence electrons. The van der Waals surface area contributed by atoms with Crippen LogP contribution in [-0.2, 0) is 0 Å². The molecule has 14 heavy (non-hydrogen) atoms. The molecule has 0 saturated heterocycles. The van der Waals surface area contributed by atoms with Gasteiger partial charge in [-0.05, 0) is 17.5 Å². The van der Waals surface area contributed by atoms with Crippen LogP contribution in [0.4, 0.5) is 5.69 Å². The molecule has 0 heterocycles. The maximum atomic E-state index is 5.59. The smallest absolute Gasteiger partial charge is 0.115 e. The number of rotatable bonds is 3. The first-order valence-electron chi connectivity index (χ1n) is 4.63. The van der Waals surface area contributed by atoms with Crippen molar-refractivity contribution in [3.05, 3.63) is 29.8 Å². The van der Waals surface area contributed by atoms with Crippen LogP contribution >= 0.6 is 11.6 Å². The lowest BCUT2D eigenvalue weighted by atomic mass is 10.0. The second-order valence-electron chi connectivity index (χ2n) is 3.45. The summed E-state index contributed by atoms with van der Waals surface area (Å²) in [6.07, 6.45) is 0. The molecule has 1 aromatic rings. The van der Waals surface area contributed by atoms with E-state index in [0.29, 0.717) is 11.8 Å². The molecule has 0 aliphatic heterocycles. The first-order chi connectivity index (χ1) is 6.65. The van der Waals surface area contributed by atoms with Gasteiger partial charge in [0.1, 0.15) is 5.84 Å². The van der Waals surface area contributed by atoms with Crippen LogP contribution in [0, 0.1) is 0 Å². The van der Waals surface area contributed by atoms with Gasteiger partial charge in [-0.2, -0.15) is 0 Å². The zero-order valence-electron chi connectivity index (χ0n) is 8.50. The van der Waals surface area contributed by atoms with E-state index >= 15 is 0 Å². The van der Waals surface area contributed by atoms with Gasteiger partial charge in [-0.3, -0.25) is 0 Å². The molecule has 0 aromatic heterocycles. The third-order valence-electron chi connectivity index (χ3n) is 1.96. The molecule has 2 N–H and O–H groups in total. The van der Waals surface area contributed by atoms with Gasteiger partial charge in [-0.15, -0.1) is 11.6 Å². The van der Waals surface area contributed by atoms with E-state index < -0.39 is 0 Å². The highest BCUT2D eigenvalue weighted by atomic mass is 35.5. The van der Waals surface area contributed by atoms with Crippen LogP contribution in [0.25, 0.3) is 0 Å². The number of hydrogen-bond donors (Lipinski definition) is 1. The Kier molecular flexibility index (Phi) is 3.96. The summed E-state index contributed by atoms with van der Waals surface area (Å²) in [7, 11) is 0. The molecule has 0 radical (unpaired) electrons. The van der Waals surface area contributed by atoms with E-state index in [9.17, 15) is 0 Å². The lowest BCUT2D eigenvalue weighted by molar-refractivity contribution is 0.867. The van der Waals surface area contributed by atoms with Crippen molar-refractivity contribution in [2.75, 3.05) is 5.88 Å². The van der Waals surface area contributed by atoms with E-state index in [-0.39, 0.29) is 5.88 Å². The molecule has 3 heteroatoms. The molecule has 0 aliphatic carbocycles. The number of nitrogens with two attached hydrogens (primary N) is 1. The average Bonchev–Trinajstić information content (AvgIpc) is 2.18. The minimum absolute atomic E-state index is 0.270. The lowest BCUT2D eigenvalue weighted by Gasteiger charge is -2.08. The van der Waals surface area contributed by atoms with Gasteiger partial charge in [-0.25, -0.2) is 4.99 Å². The molecule has 0 fully saturated rings. The van der Waals surface area contributed by atoms with Gasteiger partial charge in [0.2, 0.25) is 0 Å². The fourth-order valence-corrected chi connectivity index (χ4v) is 1.32. The predicted molar refractivity (Wildman–Crippen MR) is 62.5 cm³/mol. The molecule has 0 aliphatic rings. The zero-order chi connectivity index (χ0) is 10.6. The second-order valence-corrected chi connectivity index (χ2v) is 3.72. The summed E-state index contributed by atoms with van der Waals surface area (Å²) in [6, 6.07) is 7.97.